The molecule has 2 aromatic carbocycles. The Kier molecular flexibility index (Phi) is 4.55. The molecule has 110 valence electrons. The molecule has 2 rings (SSSR count). The van der Waals surface area contributed by atoms with Gasteiger partial charge in [0.1, 0.15) is 6.04 Å². The predicted octanol–water partition coefficient (Wildman–Crippen LogP) is 2.69. The highest BCUT2D eigenvalue weighted by Crippen LogP contribution is 2.30. The minimum atomic E-state index is -0.775. The maximum Gasteiger partial charge on any atom is 0.244 e. The topological polar surface area (TPSA) is 84.6 Å². The Bertz CT molecular complexity index is 644. The van der Waals surface area contributed by atoms with E-state index in [1.807, 2.05) is 0 Å². The average molecular weight is 307 g/mol. The van der Waals surface area contributed by atoms with Crippen LogP contribution in [-0.2, 0) is 4.79 Å². The number of rotatable bonds is 5. The fourth-order valence-electron chi connectivity index (χ4n) is 1.92. The highest BCUT2D eigenvalue weighted by Gasteiger charge is 2.19. The maximum absolute atomic E-state index is 11.7. The lowest BCUT2D eigenvalue weighted by atomic mass is 10.1. The summed E-state index contributed by atoms with van der Waals surface area (Å²) >= 11 is 5.82. The lowest BCUT2D eigenvalue weighted by Gasteiger charge is -2.18. The van der Waals surface area contributed by atoms with Crippen LogP contribution >= 0.6 is 11.6 Å². The Labute approximate surface area is 127 Å². The van der Waals surface area contributed by atoms with Crippen LogP contribution in [0.2, 0.25) is 5.02 Å². The summed E-state index contributed by atoms with van der Waals surface area (Å²) in [6.07, 6.45) is 0. The first kappa shape index (κ1) is 15.0. The van der Waals surface area contributed by atoms with Crippen molar-refractivity contribution in [3.05, 3.63) is 53.1 Å². The molecule has 0 radical (unpaired) electrons. The van der Waals surface area contributed by atoms with Crippen molar-refractivity contribution in [2.45, 2.75) is 6.04 Å². The van der Waals surface area contributed by atoms with Crippen molar-refractivity contribution in [3.63, 3.8) is 0 Å². The first-order valence-corrected chi connectivity index (χ1v) is 6.57. The van der Waals surface area contributed by atoms with Gasteiger partial charge in [0.25, 0.3) is 0 Å². The van der Waals surface area contributed by atoms with Gasteiger partial charge in [0.15, 0.2) is 11.5 Å². The molecule has 0 bridgehead atoms. The minimum Gasteiger partial charge on any atom is -0.504 e. The zero-order valence-corrected chi connectivity index (χ0v) is 12.1. The van der Waals surface area contributed by atoms with Crippen molar-refractivity contribution < 1.29 is 14.6 Å². The number of benzene rings is 2. The molecule has 21 heavy (non-hydrogen) atoms. The summed E-state index contributed by atoms with van der Waals surface area (Å²) in [6.45, 7) is 0. The maximum atomic E-state index is 11.7. The smallest absolute Gasteiger partial charge is 0.244 e. The van der Waals surface area contributed by atoms with Crippen molar-refractivity contribution in [3.8, 4) is 11.5 Å². The molecule has 0 aliphatic rings. The Morgan fingerprint density at radius 1 is 1.29 bits per heavy atom. The van der Waals surface area contributed by atoms with Crippen LogP contribution in [0.15, 0.2) is 42.5 Å². The van der Waals surface area contributed by atoms with Gasteiger partial charge in [-0.25, -0.2) is 0 Å². The van der Waals surface area contributed by atoms with Crippen LogP contribution in [-0.4, -0.2) is 18.1 Å². The van der Waals surface area contributed by atoms with E-state index in [9.17, 15) is 9.90 Å². The lowest BCUT2D eigenvalue weighted by molar-refractivity contribution is -0.118. The number of hydrogen-bond donors (Lipinski definition) is 3. The first-order valence-electron chi connectivity index (χ1n) is 6.19. The van der Waals surface area contributed by atoms with Gasteiger partial charge < -0.3 is 20.9 Å². The molecule has 0 aliphatic carbocycles. The highest BCUT2D eigenvalue weighted by atomic mass is 35.5. The summed E-state index contributed by atoms with van der Waals surface area (Å²) in [6, 6.07) is 10.8. The Balaban J connectivity index is 2.28. The fraction of sp³-hybridized carbons (Fsp3) is 0.133. The number of ether oxygens (including phenoxy) is 1. The molecule has 0 saturated carbocycles. The molecule has 5 nitrogen and oxygen atoms in total. The van der Waals surface area contributed by atoms with Gasteiger partial charge in [0, 0.05) is 10.7 Å². The van der Waals surface area contributed by atoms with Crippen molar-refractivity contribution in [2.75, 3.05) is 12.4 Å². The quantitative estimate of drug-likeness (QED) is 0.793. The van der Waals surface area contributed by atoms with Crippen LogP contribution < -0.4 is 15.8 Å². The lowest BCUT2D eigenvalue weighted by Crippen LogP contribution is -2.27. The summed E-state index contributed by atoms with van der Waals surface area (Å²) in [4.78, 5) is 11.7. The number of aromatic hydroxyl groups is 1. The second-order valence-electron chi connectivity index (χ2n) is 4.42. The Morgan fingerprint density at radius 3 is 2.48 bits per heavy atom. The van der Waals surface area contributed by atoms with E-state index in [1.165, 1.54) is 13.2 Å². The molecule has 4 N–H and O–H groups in total. The van der Waals surface area contributed by atoms with Gasteiger partial charge in [-0.05, 0) is 42.0 Å². The van der Waals surface area contributed by atoms with Crippen molar-refractivity contribution in [1.82, 2.24) is 0 Å². The molecular formula is C15H15ClN2O3. The molecule has 0 heterocycles. The number of nitrogens with two attached hydrogens (primary N) is 1. The minimum absolute atomic E-state index is 0.0563. The molecule has 0 spiro atoms. The van der Waals surface area contributed by atoms with Gasteiger partial charge in [-0.2, -0.15) is 0 Å². The molecule has 1 atom stereocenters. The first-order chi connectivity index (χ1) is 10.0. The number of amides is 1. The van der Waals surface area contributed by atoms with E-state index in [0.717, 1.165) is 0 Å². The molecule has 0 saturated heterocycles. The summed E-state index contributed by atoms with van der Waals surface area (Å²) in [7, 11) is 1.45. The van der Waals surface area contributed by atoms with E-state index < -0.39 is 11.9 Å². The summed E-state index contributed by atoms with van der Waals surface area (Å²) < 4.78 is 4.97. The number of primary amides is 1. The van der Waals surface area contributed by atoms with E-state index in [4.69, 9.17) is 22.1 Å². The molecular weight excluding hydrogens is 292 g/mol. The Morgan fingerprint density at radius 2 is 1.95 bits per heavy atom. The van der Waals surface area contributed by atoms with Gasteiger partial charge >= 0.3 is 0 Å². The summed E-state index contributed by atoms with van der Waals surface area (Å²) in [5.41, 5.74) is 6.66. The molecule has 0 aromatic heterocycles. The van der Waals surface area contributed by atoms with Crippen molar-refractivity contribution >= 4 is 23.2 Å². The van der Waals surface area contributed by atoms with E-state index in [-0.39, 0.29) is 5.75 Å². The summed E-state index contributed by atoms with van der Waals surface area (Å²) in [5, 5.41) is 13.4. The average Bonchev–Trinajstić information content (AvgIpc) is 2.46. The number of nitrogens with one attached hydrogen (secondary N) is 1. The van der Waals surface area contributed by atoms with Crippen LogP contribution in [0.5, 0.6) is 11.5 Å². The van der Waals surface area contributed by atoms with Crippen LogP contribution in [0.1, 0.15) is 11.6 Å². The second-order valence-corrected chi connectivity index (χ2v) is 4.85. The van der Waals surface area contributed by atoms with Crippen LogP contribution in [0, 0.1) is 0 Å². The summed E-state index contributed by atoms with van der Waals surface area (Å²) in [5.74, 6) is -0.290. The predicted molar refractivity (Wildman–Crippen MR) is 81.7 cm³/mol. The van der Waals surface area contributed by atoms with E-state index in [1.54, 1.807) is 36.4 Å². The number of hydrogen-bond acceptors (Lipinski definition) is 4. The van der Waals surface area contributed by atoms with Gasteiger partial charge in [0.05, 0.1) is 7.11 Å². The van der Waals surface area contributed by atoms with Gasteiger partial charge in [-0.3, -0.25) is 4.79 Å². The molecule has 0 aliphatic heterocycles. The highest BCUT2D eigenvalue weighted by molar-refractivity contribution is 6.30. The van der Waals surface area contributed by atoms with Gasteiger partial charge in [-0.15, -0.1) is 0 Å². The zero-order chi connectivity index (χ0) is 15.4. The standard InChI is InChI=1S/C15H15ClN2O3/c1-21-13-7-2-9(8-12(13)19)14(15(17)20)18-11-5-3-10(16)4-6-11/h2-8,14,18-19H,1H3,(H2,17,20). The van der Waals surface area contributed by atoms with Crippen LogP contribution in [0.3, 0.4) is 0 Å². The number of halogens is 1. The third-order valence-electron chi connectivity index (χ3n) is 2.98. The normalized spacial score (nSPS) is 11.7. The molecule has 6 heteroatoms. The number of carbonyl (C=O) groups is 1. The number of methoxy groups -OCH3 is 1. The van der Waals surface area contributed by atoms with Crippen molar-refractivity contribution in [1.29, 1.82) is 0 Å². The third-order valence-corrected chi connectivity index (χ3v) is 3.23. The monoisotopic (exact) mass is 306 g/mol. The zero-order valence-electron chi connectivity index (χ0n) is 11.3. The van der Waals surface area contributed by atoms with Crippen LogP contribution in [0.25, 0.3) is 0 Å². The Hall–Kier alpha value is -2.40. The van der Waals surface area contributed by atoms with E-state index >= 15 is 0 Å². The number of phenolic OH excluding ortho intramolecular Hbond substituents is 1. The third kappa shape index (κ3) is 3.58. The number of phenols is 1. The number of anilines is 1. The SMILES string of the molecule is COc1ccc(C(Nc2ccc(Cl)cc2)C(N)=O)cc1O. The molecule has 0 fully saturated rings. The number of carbonyl (C=O) groups excluding carboxylic acids is 1. The molecule has 1 unspecified atom stereocenters. The van der Waals surface area contributed by atoms with E-state index in [2.05, 4.69) is 5.32 Å². The van der Waals surface area contributed by atoms with Gasteiger partial charge in [-0.1, -0.05) is 17.7 Å². The molecule has 1 amide bonds. The van der Waals surface area contributed by atoms with E-state index in [0.29, 0.717) is 22.0 Å². The molecule has 2 aromatic rings. The fourth-order valence-corrected chi connectivity index (χ4v) is 2.04. The second kappa shape index (κ2) is 6.37. The van der Waals surface area contributed by atoms with Crippen LogP contribution in [0.4, 0.5) is 5.69 Å². The largest absolute Gasteiger partial charge is 0.504 e. The van der Waals surface area contributed by atoms with Crippen molar-refractivity contribution in [2.24, 2.45) is 5.73 Å². The van der Waals surface area contributed by atoms with Gasteiger partial charge in [0.2, 0.25) is 5.91 Å².